The molecule has 3 aromatic carbocycles. The van der Waals surface area contributed by atoms with Crippen LogP contribution >= 0.6 is 0 Å². The SMILES string of the molecule is C=C1CC[C@@H](CC(=O)c2ccc(N3CCN(C[C@H]4CN(c5ccc(C(=O)NC6C(C)(C)C(Oc7cc(C)c(C#N)c(C)c7)C6(C)C)cc5)CCO4)CC3)cc2F)C(=O)N1. The minimum Gasteiger partial charge on any atom is -0.489 e. The first-order valence-electron chi connectivity index (χ1n) is 20.8. The number of rotatable bonds is 11. The Kier molecular flexibility index (Phi) is 11.9. The van der Waals surface area contributed by atoms with E-state index in [2.05, 4.69) is 65.7 Å². The molecule has 2 atom stereocenters. The molecule has 11 nitrogen and oxygen atoms in total. The van der Waals surface area contributed by atoms with Crippen LogP contribution in [0.15, 0.2) is 66.9 Å². The molecule has 3 saturated heterocycles. The lowest BCUT2D eigenvalue weighted by Gasteiger charge is -2.63. The van der Waals surface area contributed by atoms with E-state index in [1.54, 1.807) is 12.1 Å². The fourth-order valence-corrected chi connectivity index (χ4v) is 9.96. The van der Waals surface area contributed by atoms with E-state index in [-0.39, 0.29) is 58.7 Å². The summed E-state index contributed by atoms with van der Waals surface area (Å²) in [6.07, 6.45) is 1.02. The summed E-state index contributed by atoms with van der Waals surface area (Å²) in [5.41, 5.74) is 4.86. The second kappa shape index (κ2) is 16.8. The first-order chi connectivity index (χ1) is 28.0. The van der Waals surface area contributed by atoms with E-state index in [0.717, 1.165) is 74.1 Å². The molecule has 2 N–H and O–H groups in total. The van der Waals surface area contributed by atoms with Crippen LogP contribution < -0.4 is 25.2 Å². The van der Waals surface area contributed by atoms with Gasteiger partial charge in [0.25, 0.3) is 5.91 Å². The summed E-state index contributed by atoms with van der Waals surface area (Å²) in [5, 5.41) is 15.5. The van der Waals surface area contributed by atoms with Gasteiger partial charge in [0.2, 0.25) is 5.91 Å². The summed E-state index contributed by atoms with van der Waals surface area (Å²) in [6.45, 7) is 22.0. The van der Waals surface area contributed by atoms with E-state index >= 15 is 4.39 Å². The zero-order valence-corrected chi connectivity index (χ0v) is 35.2. The number of anilines is 2. The Balaban J connectivity index is 0.879. The number of ether oxygens (including phenoxy) is 2. The van der Waals surface area contributed by atoms with Gasteiger partial charge >= 0.3 is 0 Å². The Labute approximate surface area is 347 Å². The number of nitriles is 1. The number of hydrogen-bond acceptors (Lipinski definition) is 9. The van der Waals surface area contributed by atoms with Crippen molar-refractivity contribution in [3.63, 3.8) is 0 Å². The normalized spacial score (nSPS) is 24.1. The van der Waals surface area contributed by atoms with Crippen LogP contribution in [-0.2, 0) is 9.53 Å². The number of aryl methyl sites for hydroxylation is 2. The summed E-state index contributed by atoms with van der Waals surface area (Å²) in [5.74, 6) is -0.989. The van der Waals surface area contributed by atoms with Gasteiger partial charge in [-0.05, 0) is 92.4 Å². The number of nitrogens with one attached hydrogen (secondary N) is 2. The second-order valence-corrected chi connectivity index (χ2v) is 18.0. The number of piperidine rings is 1. The van der Waals surface area contributed by atoms with Crippen molar-refractivity contribution in [3.05, 3.63) is 101 Å². The van der Waals surface area contributed by atoms with Crippen molar-refractivity contribution in [2.45, 2.75) is 79.1 Å². The number of nitrogens with zero attached hydrogens (tertiary/aromatic N) is 4. The van der Waals surface area contributed by atoms with Gasteiger partial charge in [0.05, 0.1) is 29.9 Å². The molecular formula is C47H57FN6O5. The van der Waals surface area contributed by atoms with Crippen molar-refractivity contribution >= 4 is 29.0 Å². The number of piperazine rings is 1. The molecule has 1 saturated carbocycles. The highest BCUT2D eigenvalue weighted by atomic mass is 19.1. The number of allylic oxidation sites excluding steroid dienone is 1. The summed E-state index contributed by atoms with van der Waals surface area (Å²) in [6, 6.07) is 18.6. The van der Waals surface area contributed by atoms with Crippen molar-refractivity contribution < 1.29 is 28.2 Å². The maximum atomic E-state index is 15.2. The number of ketones is 1. The van der Waals surface area contributed by atoms with Crippen LogP contribution in [0.3, 0.4) is 0 Å². The third kappa shape index (κ3) is 8.73. The number of amides is 2. The number of hydrogen-bond donors (Lipinski definition) is 2. The number of morpholine rings is 1. The maximum Gasteiger partial charge on any atom is 0.251 e. The third-order valence-corrected chi connectivity index (χ3v) is 13.0. The maximum absolute atomic E-state index is 15.2. The Morgan fingerprint density at radius 1 is 0.966 bits per heavy atom. The van der Waals surface area contributed by atoms with Gasteiger partial charge in [-0.2, -0.15) is 5.26 Å². The van der Waals surface area contributed by atoms with Gasteiger partial charge in [0.15, 0.2) is 5.78 Å². The van der Waals surface area contributed by atoms with E-state index < -0.39 is 11.7 Å². The summed E-state index contributed by atoms with van der Waals surface area (Å²) >= 11 is 0. The highest BCUT2D eigenvalue weighted by Gasteiger charge is 2.64. The quantitative estimate of drug-likeness (QED) is 0.207. The molecule has 4 aliphatic rings. The summed E-state index contributed by atoms with van der Waals surface area (Å²) in [4.78, 5) is 45.6. The molecule has 0 spiro atoms. The zero-order chi connectivity index (χ0) is 42.2. The molecule has 1 aliphatic carbocycles. The molecule has 3 heterocycles. The first kappa shape index (κ1) is 41.9. The average Bonchev–Trinajstić information content (AvgIpc) is 3.20. The van der Waals surface area contributed by atoms with Crippen LogP contribution in [-0.4, -0.2) is 93.2 Å². The van der Waals surface area contributed by atoms with Crippen molar-refractivity contribution in [2.24, 2.45) is 16.7 Å². The third-order valence-electron chi connectivity index (χ3n) is 13.0. The van der Waals surface area contributed by atoms with Gasteiger partial charge < -0.3 is 29.9 Å². The fourth-order valence-electron chi connectivity index (χ4n) is 9.96. The van der Waals surface area contributed by atoms with Crippen molar-refractivity contribution in [1.29, 1.82) is 5.26 Å². The molecule has 4 fully saturated rings. The minimum atomic E-state index is -0.558. The van der Waals surface area contributed by atoms with Crippen LogP contribution in [0.5, 0.6) is 5.75 Å². The minimum absolute atomic E-state index is 0.0145. The van der Waals surface area contributed by atoms with Gasteiger partial charge in [-0.3, -0.25) is 19.3 Å². The van der Waals surface area contributed by atoms with Gasteiger partial charge in [0.1, 0.15) is 17.7 Å². The van der Waals surface area contributed by atoms with E-state index in [0.29, 0.717) is 36.3 Å². The van der Waals surface area contributed by atoms with Gasteiger partial charge in [-0.15, -0.1) is 0 Å². The molecule has 3 aliphatic heterocycles. The first-order valence-corrected chi connectivity index (χ1v) is 20.8. The molecule has 12 heteroatoms. The molecule has 0 bridgehead atoms. The lowest BCUT2D eigenvalue weighted by atomic mass is 9.49. The number of carbonyl (C=O) groups is 3. The lowest BCUT2D eigenvalue weighted by Crippen LogP contribution is -2.74. The van der Waals surface area contributed by atoms with Gasteiger partial charge in [-0.1, -0.05) is 34.3 Å². The average molecular weight is 805 g/mol. The molecule has 0 aromatic heterocycles. The summed E-state index contributed by atoms with van der Waals surface area (Å²) in [7, 11) is 0. The number of carbonyl (C=O) groups excluding carboxylic acids is 3. The largest absolute Gasteiger partial charge is 0.489 e. The van der Waals surface area contributed by atoms with Crippen LogP contribution in [0.1, 0.15) is 84.4 Å². The number of benzene rings is 3. The Bertz CT molecular complexity index is 2110. The molecule has 3 aromatic rings. The van der Waals surface area contributed by atoms with Crippen molar-refractivity contribution in [3.8, 4) is 11.8 Å². The van der Waals surface area contributed by atoms with Gasteiger partial charge in [0, 0.05) is 97.7 Å². The predicted molar refractivity (Wildman–Crippen MR) is 226 cm³/mol. The molecular weight excluding hydrogens is 748 g/mol. The highest BCUT2D eigenvalue weighted by molar-refractivity contribution is 5.99. The van der Waals surface area contributed by atoms with Crippen LogP contribution in [0, 0.1) is 47.7 Å². The molecule has 59 heavy (non-hydrogen) atoms. The molecule has 0 radical (unpaired) electrons. The van der Waals surface area contributed by atoms with E-state index in [1.165, 1.54) is 6.07 Å². The highest BCUT2D eigenvalue weighted by Crippen LogP contribution is 2.55. The van der Waals surface area contributed by atoms with Crippen molar-refractivity contribution in [1.82, 2.24) is 15.5 Å². The summed E-state index contributed by atoms with van der Waals surface area (Å²) < 4.78 is 27.9. The Morgan fingerprint density at radius 3 is 2.25 bits per heavy atom. The molecule has 2 amide bonds. The standard InChI is InChI=1S/C47H57FN6O5/c1-29-22-36(23-30(2)39(29)26-49)59-45-46(4,5)44(47(45,6)7)51-42(56)32-10-12-34(13-11-32)54-20-21-58-37(28-54)27-52-16-18-53(19-17-52)35-14-15-38(40(48)25-35)41(55)24-33-9-8-31(3)50-43(33)57/h10-15,22-23,25,33,37,44-45H,3,8-9,16-21,24,27-28H2,1-2,4-7H3,(H,50,57)(H,51,56)/t33-,37-,44?,45?/m0/s1. The smallest absolute Gasteiger partial charge is 0.251 e. The second-order valence-electron chi connectivity index (χ2n) is 18.0. The molecule has 312 valence electrons. The topological polar surface area (TPSA) is 127 Å². The van der Waals surface area contributed by atoms with Crippen LogP contribution in [0.25, 0.3) is 0 Å². The Morgan fingerprint density at radius 2 is 1.63 bits per heavy atom. The van der Waals surface area contributed by atoms with E-state index in [1.807, 2.05) is 50.2 Å². The predicted octanol–water partition coefficient (Wildman–Crippen LogP) is 6.57. The molecule has 7 rings (SSSR count). The lowest BCUT2D eigenvalue weighted by molar-refractivity contribution is -0.164. The van der Waals surface area contributed by atoms with E-state index in [4.69, 9.17) is 9.47 Å². The Hall–Kier alpha value is -5.25. The number of Topliss-reactive ketones (excluding diaryl/α,β-unsaturated/α-hetero) is 1. The van der Waals surface area contributed by atoms with Crippen LogP contribution in [0.2, 0.25) is 0 Å². The fraction of sp³-hybridized carbons (Fsp3) is 0.489. The van der Waals surface area contributed by atoms with E-state index in [9.17, 15) is 19.6 Å². The van der Waals surface area contributed by atoms with Crippen LogP contribution in [0.4, 0.5) is 15.8 Å². The van der Waals surface area contributed by atoms with Crippen molar-refractivity contribution in [2.75, 3.05) is 62.2 Å². The zero-order valence-electron chi connectivity index (χ0n) is 35.2. The van der Waals surface area contributed by atoms with Gasteiger partial charge in [-0.25, -0.2) is 4.39 Å². The monoisotopic (exact) mass is 804 g/mol. The number of halogens is 1. The molecule has 0 unspecified atom stereocenters.